The second-order valence-corrected chi connectivity index (χ2v) is 1.98. The highest BCUT2D eigenvalue weighted by Gasteiger charge is 1.98. The van der Waals surface area contributed by atoms with Gasteiger partial charge in [0.25, 0.3) is 0 Å². The molecule has 0 aromatic carbocycles. The van der Waals surface area contributed by atoms with Gasteiger partial charge in [0.2, 0.25) is 0 Å². The van der Waals surface area contributed by atoms with Crippen LogP contribution < -0.4 is 0 Å². The Morgan fingerprint density at radius 1 is 1.57 bits per heavy atom. The molecule has 0 aliphatic heterocycles. The lowest BCUT2D eigenvalue weighted by molar-refractivity contribution is 0.701. The second kappa shape index (κ2) is 3.09. The zero-order valence-corrected chi connectivity index (χ0v) is 5.37. The van der Waals surface area contributed by atoms with Crippen LogP contribution in [-0.4, -0.2) is 0 Å². The van der Waals surface area contributed by atoms with E-state index in [9.17, 15) is 0 Å². The zero-order valence-electron chi connectivity index (χ0n) is 4.55. The monoisotopic (exact) mass is 118 g/mol. The standard InChI is InChI=1S/C6H10.ClH/c1-6-4-2-3-5-6;/h2,4,6H,3,5H2,1H3;1H. The summed E-state index contributed by atoms with van der Waals surface area (Å²) in [5.74, 6) is 0.866. The van der Waals surface area contributed by atoms with E-state index in [1.54, 1.807) is 0 Å². The van der Waals surface area contributed by atoms with Crippen LogP contribution in [0, 0.1) is 5.92 Å². The van der Waals surface area contributed by atoms with Crippen molar-refractivity contribution in [1.29, 1.82) is 0 Å². The zero-order chi connectivity index (χ0) is 4.41. The third-order valence-corrected chi connectivity index (χ3v) is 1.25. The van der Waals surface area contributed by atoms with E-state index in [-0.39, 0.29) is 12.4 Å². The van der Waals surface area contributed by atoms with E-state index in [0.29, 0.717) is 0 Å². The van der Waals surface area contributed by atoms with Crippen LogP contribution in [0.5, 0.6) is 0 Å². The van der Waals surface area contributed by atoms with Crippen LogP contribution in [0.4, 0.5) is 0 Å². The predicted molar refractivity (Wildman–Crippen MR) is 34.8 cm³/mol. The summed E-state index contributed by atoms with van der Waals surface area (Å²) in [5.41, 5.74) is 0. The van der Waals surface area contributed by atoms with Gasteiger partial charge in [-0.2, -0.15) is 0 Å². The molecule has 0 heterocycles. The Morgan fingerprint density at radius 2 is 2.29 bits per heavy atom. The summed E-state index contributed by atoms with van der Waals surface area (Å²) in [6.45, 7) is 2.25. The highest BCUT2D eigenvalue weighted by atomic mass is 35.5. The Kier molecular flexibility index (Phi) is 3.10. The molecule has 0 saturated heterocycles. The minimum absolute atomic E-state index is 0. The van der Waals surface area contributed by atoms with Crippen LogP contribution in [0.25, 0.3) is 0 Å². The van der Waals surface area contributed by atoms with Crippen LogP contribution in [0.2, 0.25) is 0 Å². The molecule has 1 aliphatic rings. The van der Waals surface area contributed by atoms with Gasteiger partial charge in [-0.15, -0.1) is 12.4 Å². The summed E-state index contributed by atoms with van der Waals surface area (Å²) in [5, 5.41) is 0. The molecule has 1 atom stereocenters. The highest BCUT2D eigenvalue weighted by Crippen LogP contribution is 2.14. The van der Waals surface area contributed by atoms with Crippen molar-refractivity contribution in [3.63, 3.8) is 0 Å². The Bertz CT molecular complexity index is 66.6. The maximum absolute atomic E-state index is 2.28. The van der Waals surface area contributed by atoms with Crippen molar-refractivity contribution in [2.45, 2.75) is 19.8 Å². The summed E-state index contributed by atoms with van der Waals surface area (Å²) in [6.07, 6.45) is 7.21. The summed E-state index contributed by atoms with van der Waals surface area (Å²) < 4.78 is 0. The first-order chi connectivity index (χ1) is 2.89. The Morgan fingerprint density at radius 3 is 2.43 bits per heavy atom. The van der Waals surface area contributed by atoms with Gasteiger partial charge in [-0.25, -0.2) is 0 Å². The number of halogens is 1. The lowest BCUT2D eigenvalue weighted by Crippen LogP contribution is -1.76. The molecular formula is C6H11Cl. The van der Waals surface area contributed by atoms with Gasteiger partial charge in [-0.1, -0.05) is 19.1 Å². The molecule has 7 heavy (non-hydrogen) atoms. The van der Waals surface area contributed by atoms with Gasteiger partial charge < -0.3 is 0 Å². The molecule has 0 fully saturated rings. The van der Waals surface area contributed by atoms with Gasteiger partial charge in [0.05, 0.1) is 0 Å². The van der Waals surface area contributed by atoms with Crippen molar-refractivity contribution < 1.29 is 0 Å². The third-order valence-electron chi connectivity index (χ3n) is 1.25. The molecule has 0 aromatic heterocycles. The van der Waals surface area contributed by atoms with Crippen LogP contribution in [0.3, 0.4) is 0 Å². The van der Waals surface area contributed by atoms with E-state index < -0.39 is 0 Å². The average Bonchev–Trinajstić information content (AvgIpc) is 1.86. The fraction of sp³-hybridized carbons (Fsp3) is 0.667. The molecule has 0 bridgehead atoms. The smallest absolute Gasteiger partial charge is 0.0259 e. The van der Waals surface area contributed by atoms with Gasteiger partial charge in [-0.3, -0.25) is 0 Å². The van der Waals surface area contributed by atoms with E-state index in [0.717, 1.165) is 5.92 Å². The second-order valence-electron chi connectivity index (χ2n) is 1.98. The summed E-state index contributed by atoms with van der Waals surface area (Å²) in [7, 11) is 0. The van der Waals surface area contributed by atoms with Crippen molar-refractivity contribution >= 4 is 12.4 Å². The average molecular weight is 119 g/mol. The number of allylic oxidation sites excluding steroid dienone is 2. The van der Waals surface area contributed by atoms with E-state index in [1.165, 1.54) is 12.8 Å². The molecule has 1 rings (SSSR count). The topological polar surface area (TPSA) is 0 Å². The number of hydrogen-bond acceptors (Lipinski definition) is 0. The molecule has 0 spiro atoms. The third kappa shape index (κ3) is 1.98. The molecule has 1 aliphatic carbocycles. The Hall–Kier alpha value is 0.0300. The van der Waals surface area contributed by atoms with E-state index in [2.05, 4.69) is 19.1 Å². The first kappa shape index (κ1) is 7.03. The van der Waals surface area contributed by atoms with E-state index in [1.807, 2.05) is 0 Å². The normalized spacial score (nSPS) is 27.3. The number of hydrogen-bond donors (Lipinski definition) is 0. The summed E-state index contributed by atoms with van der Waals surface area (Å²) in [4.78, 5) is 0. The molecular weight excluding hydrogens is 108 g/mol. The lowest BCUT2D eigenvalue weighted by Gasteiger charge is -1.89. The van der Waals surface area contributed by atoms with Crippen molar-refractivity contribution in [3.05, 3.63) is 12.2 Å². The minimum atomic E-state index is 0. The molecule has 0 saturated carbocycles. The largest absolute Gasteiger partial charge is 0.147 e. The molecule has 0 amide bonds. The molecule has 0 radical (unpaired) electrons. The van der Waals surface area contributed by atoms with Crippen LogP contribution in [0.15, 0.2) is 12.2 Å². The fourth-order valence-corrected chi connectivity index (χ4v) is 0.784. The summed E-state index contributed by atoms with van der Waals surface area (Å²) in [6, 6.07) is 0. The molecule has 42 valence electrons. The lowest BCUT2D eigenvalue weighted by atomic mass is 10.2. The maximum Gasteiger partial charge on any atom is -0.0259 e. The van der Waals surface area contributed by atoms with Gasteiger partial charge in [0.1, 0.15) is 0 Å². The van der Waals surface area contributed by atoms with Gasteiger partial charge in [0.15, 0.2) is 0 Å². The van der Waals surface area contributed by atoms with Crippen LogP contribution in [-0.2, 0) is 0 Å². The van der Waals surface area contributed by atoms with Gasteiger partial charge in [0, 0.05) is 0 Å². The molecule has 1 unspecified atom stereocenters. The fourth-order valence-electron chi connectivity index (χ4n) is 0.784. The van der Waals surface area contributed by atoms with Crippen molar-refractivity contribution in [2.24, 2.45) is 5.92 Å². The number of rotatable bonds is 0. The Balaban J connectivity index is 0.000000360. The van der Waals surface area contributed by atoms with Crippen molar-refractivity contribution in [1.82, 2.24) is 0 Å². The van der Waals surface area contributed by atoms with Gasteiger partial charge >= 0.3 is 0 Å². The first-order valence-corrected chi connectivity index (χ1v) is 2.56. The summed E-state index contributed by atoms with van der Waals surface area (Å²) >= 11 is 0. The first-order valence-electron chi connectivity index (χ1n) is 2.56. The molecule has 0 aromatic rings. The van der Waals surface area contributed by atoms with E-state index >= 15 is 0 Å². The van der Waals surface area contributed by atoms with Gasteiger partial charge in [-0.05, 0) is 18.8 Å². The van der Waals surface area contributed by atoms with Crippen molar-refractivity contribution in [3.8, 4) is 0 Å². The predicted octanol–water partition coefficient (Wildman–Crippen LogP) is 2.39. The molecule has 0 nitrogen and oxygen atoms in total. The van der Waals surface area contributed by atoms with Crippen LogP contribution in [0.1, 0.15) is 19.8 Å². The van der Waals surface area contributed by atoms with E-state index in [4.69, 9.17) is 0 Å². The highest BCUT2D eigenvalue weighted by molar-refractivity contribution is 5.85. The van der Waals surface area contributed by atoms with Crippen LogP contribution >= 0.6 is 12.4 Å². The maximum atomic E-state index is 2.28. The molecule has 0 N–H and O–H groups in total. The Labute approximate surface area is 51.0 Å². The van der Waals surface area contributed by atoms with Crippen molar-refractivity contribution in [2.75, 3.05) is 0 Å². The quantitative estimate of drug-likeness (QED) is 0.429. The minimum Gasteiger partial charge on any atom is -0.147 e. The SMILES string of the molecule is CC1C=CCC1.Cl. The molecule has 1 heteroatoms.